The molecule has 2 atom stereocenters. The number of amides is 1. The number of nitro groups is 1. The zero-order valence-corrected chi connectivity index (χ0v) is 10.4. The van der Waals surface area contributed by atoms with E-state index in [0.717, 1.165) is 24.3 Å². The SMILES string of the molecule is O=C(NC(CO)C(O)c1ccc([N+](=O)[O-])cc1)C(F)(F)F. The van der Waals surface area contributed by atoms with Crippen LogP contribution in [-0.2, 0) is 4.79 Å². The molecule has 0 saturated carbocycles. The summed E-state index contributed by atoms with van der Waals surface area (Å²) in [5.41, 5.74) is -0.257. The molecule has 2 unspecified atom stereocenters. The Hall–Kier alpha value is -2.20. The molecule has 0 radical (unpaired) electrons. The number of carbonyl (C=O) groups excluding carboxylic acids is 1. The molecule has 1 amide bonds. The van der Waals surface area contributed by atoms with Crippen molar-refractivity contribution in [1.29, 1.82) is 0 Å². The number of benzene rings is 1. The van der Waals surface area contributed by atoms with Gasteiger partial charge in [-0.3, -0.25) is 14.9 Å². The second-order valence-electron chi connectivity index (χ2n) is 4.05. The van der Waals surface area contributed by atoms with Crippen molar-refractivity contribution in [2.75, 3.05) is 6.61 Å². The van der Waals surface area contributed by atoms with Gasteiger partial charge in [0.05, 0.1) is 17.6 Å². The molecule has 0 spiro atoms. The molecule has 1 aromatic carbocycles. The summed E-state index contributed by atoms with van der Waals surface area (Å²) >= 11 is 0. The third-order valence-electron chi connectivity index (χ3n) is 2.60. The predicted octanol–water partition coefficient (Wildman–Crippen LogP) is 0.668. The molecule has 0 heterocycles. The number of carbonyl (C=O) groups is 1. The normalized spacial score (nSPS) is 14.3. The lowest BCUT2D eigenvalue weighted by Gasteiger charge is -2.23. The number of nitro benzene ring substituents is 1. The summed E-state index contributed by atoms with van der Waals surface area (Å²) in [4.78, 5) is 20.5. The van der Waals surface area contributed by atoms with E-state index in [1.807, 2.05) is 0 Å². The molecule has 116 valence electrons. The molecule has 7 nitrogen and oxygen atoms in total. The van der Waals surface area contributed by atoms with Crippen molar-refractivity contribution in [2.24, 2.45) is 0 Å². The molecule has 3 N–H and O–H groups in total. The monoisotopic (exact) mass is 308 g/mol. The average molecular weight is 308 g/mol. The van der Waals surface area contributed by atoms with Crippen LogP contribution in [0.15, 0.2) is 24.3 Å². The molecule has 0 aromatic heterocycles. The van der Waals surface area contributed by atoms with Crippen molar-refractivity contribution in [3.8, 4) is 0 Å². The minimum atomic E-state index is -5.15. The summed E-state index contributed by atoms with van der Waals surface area (Å²) < 4.78 is 36.3. The van der Waals surface area contributed by atoms with Crippen LogP contribution in [0.2, 0.25) is 0 Å². The second kappa shape index (κ2) is 6.50. The third-order valence-corrected chi connectivity index (χ3v) is 2.60. The van der Waals surface area contributed by atoms with Gasteiger partial charge in [-0.1, -0.05) is 0 Å². The maximum atomic E-state index is 12.1. The fourth-order valence-corrected chi connectivity index (χ4v) is 1.50. The Labute approximate surface area is 116 Å². The summed E-state index contributed by atoms with van der Waals surface area (Å²) in [5.74, 6) is -2.30. The molecule has 1 aromatic rings. The first-order valence-electron chi connectivity index (χ1n) is 5.57. The number of hydrogen-bond donors (Lipinski definition) is 3. The van der Waals surface area contributed by atoms with Crippen LogP contribution in [0.3, 0.4) is 0 Å². The molecular weight excluding hydrogens is 297 g/mol. The zero-order chi connectivity index (χ0) is 16.2. The molecule has 21 heavy (non-hydrogen) atoms. The number of hydrogen-bond acceptors (Lipinski definition) is 5. The van der Waals surface area contributed by atoms with Crippen LogP contribution in [0.4, 0.5) is 18.9 Å². The van der Waals surface area contributed by atoms with E-state index < -0.39 is 35.8 Å². The highest BCUT2D eigenvalue weighted by molar-refractivity contribution is 5.82. The molecule has 0 aliphatic rings. The number of alkyl halides is 3. The van der Waals surface area contributed by atoms with Crippen molar-refractivity contribution >= 4 is 11.6 Å². The highest BCUT2D eigenvalue weighted by Crippen LogP contribution is 2.22. The van der Waals surface area contributed by atoms with Crippen LogP contribution in [0, 0.1) is 10.1 Å². The predicted molar refractivity (Wildman–Crippen MR) is 63.1 cm³/mol. The van der Waals surface area contributed by atoms with Gasteiger partial charge in [0.15, 0.2) is 0 Å². The molecule has 0 bridgehead atoms. The van der Waals surface area contributed by atoms with Crippen LogP contribution in [0.5, 0.6) is 0 Å². The topological polar surface area (TPSA) is 113 Å². The standard InChI is InChI=1S/C11H11F3N2O5/c12-11(13,14)10(19)15-8(5-17)9(18)6-1-3-7(4-2-6)16(20)21/h1-4,8-9,17-18H,5H2,(H,15,19). The maximum absolute atomic E-state index is 12.1. The van der Waals surface area contributed by atoms with Gasteiger partial charge in [0.2, 0.25) is 0 Å². The number of halogens is 3. The quantitative estimate of drug-likeness (QED) is 0.546. The van der Waals surface area contributed by atoms with E-state index in [0.29, 0.717) is 0 Å². The fourth-order valence-electron chi connectivity index (χ4n) is 1.50. The Balaban J connectivity index is 2.85. The van der Waals surface area contributed by atoms with E-state index in [1.165, 1.54) is 5.32 Å². The third kappa shape index (κ3) is 4.39. The van der Waals surface area contributed by atoms with E-state index in [-0.39, 0.29) is 11.3 Å². The van der Waals surface area contributed by atoms with Gasteiger partial charge in [-0.15, -0.1) is 0 Å². The smallest absolute Gasteiger partial charge is 0.394 e. The molecule has 0 fully saturated rings. The number of rotatable bonds is 5. The Bertz CT molecular complexity index is 518. The fraction of sp³-hybridized carbons (Fsp3) is 0.364. The van der Waals surface area contributed by atoms with Gasteiger partial charge in [-0.2, -0.15) is 13.2 Å². The van der Waals surface area contributed by atoms with Crippen molar-refractivity contribution in [3.05, 3.63) is 39.9 Å². The molecule has 0 aliphatic carbocycles. The highest BCUT2D eigenvalue weighted by atomic mass is 19.4. The van der Waals surface area contributed by atoms with Crippen molar-refractivity contribution in [3.63, 3.8) is 0 Å². The summed E-state index contributed by atoms with van der Waals surface area (Å²) in [6.45, 7) is -0.944. The minimum Gasteiger partial charge on any atom is -0.394 e. The van der Waals surface area contributed by atoms with Gasteiger partial charge >= 0.3 is 12.1 Å². The van der Waals surface area contributed by atoms with E-state index >= 15 is 0 Å². The van der Waals surface area contributed by atoms with Crippen molar-refractivity contribution < 1.29 is 33.1 Å². The maximum Gasteiger partial charge on any atom is 0.471 e. The lowest BCUT2D eigenvalue weighted by atomic mass is 10.0. The largest absolute Gasteiger partial charge is 0.471 e. The second-order valence-corrected chi connectivity index (χ2v) is 4.05. The van der Waals surface area contributed by atoms with E-state index in [4.69, 9.17) is 5.11 Å². The average Bonchev–Trinajstić information content (AvgIpc) is 2.42. The number of aliphatic hydroxyl groups excluding tert-OH is 2. The highest BCUT2D eigenvalue weighted by Gasteiger charge is 2.40. The Morgan fingerprint density at radius 2 is 1.86 bits per heavy atom. The summed E-state index contributed by atoms with van der Waals surface area (Å²) in [5, 5.41) is 30.7. The first-order chi connectivity index (χ1) is 9.66. The van der Waals surface area contributed by atoms with Gasteiger partial charge in [0.1, 0.15) is 6.10 Å². The first kappa shape index (κ1) is 16.9. The lowest BCUT2D eigenvalue weighted by molar-refractivity contribution is -0.384. The van der Waals surface area contributed by atoms with Gasteiger partial charge in [-0.25, -0.2) is 0 Å². The molecule has 1 rings (SSSR count). The zero-order valence-electron chi connectivity index (χ0n) is 10.4. The number of aliphatic hydroxyl groups is 2. The summed E-state index contributed by atoms with van der Waals surface area (Å²) in [6.07, 6.45) is -6.80. The van der Waals surface area contributed by atoms with Gasteiger partial charge in [-0.05, 0) is 17.7 Å². The van der Waals surface area contributed by atoms with Crippen molar-refractivity contribution in [2.45, 2.75) is 18.3 Å². The van der Waals surface area contributed by atoms with Gasteiger partial charge < -0.3 is 15.5 Å². The molecule has 0 aliphatic heterocycles. The van der Waals surface area contributed by atoms with Crippen LogP contribution in [-0.4, -0.2) is 39.9 Å². The molecule has 0 saturated heterocycles. The number of nitrogens with one attached hydrogen (secondary N) is 1. The van der Waals surface area contributed by atoms with Crippen molar-refractivity contribution in [1.82, 2.24) is 5.32 Å². The Morgan fingerprint density at radius 1 is 1.33 bits per heavy atom. The van der Waals surface area contributed by atoms with Crippen LogP contribution < -0.4 is 5.32 Å². The summed E-state index contributed by atoms with van der Waals surface area (Å²) in [7, 11) is 0. The van der Waals surface area contributed by atoms with Gasteiger partial charge in [0, 0.05) is 12.1 Å². The van der Waals surface area contributed by atoms with Crippen LogP contribution >= 0.6 is 0 Å². The van der Waals surface area contributed by atoms with Crippen LogP contribution in [0.25, 0.3) is 0 Å². The Morgan fingerprint density at radius 3 is 2.24 bits per heavy atom. The lowest BCUT2D eigenvalue weighted by Crippen LogP contribution is -2.47. The van der Waals surface area contributed by atoms with Crippen LogP contribution in [0.1, 0.15) is 11.7 Å². The first-order valence-corrected chi connectivity index (χ1v) is 5.57. The van der Waals surface area contributed by atoms with E-state index in [9.17, 15) is 33.2 Å². The van der Waals surface area contributed by atoms with E-state index in [1.54, 1.807) is 0 Å². The van der Waals surface area contributed by atoms with Gasteiger partial charge in [0.25, 0.3) is 5.69 Å². The number of nitrogens with zero attached hydrogens (tertiary/aromatic N) is 1. The van der Waals surface area contributed by atoms with E-state index in [2.05, 4.69) is 0 Å². The molecular formula is C11H11F3N2O5. The minimum absolute atomic E-state index is 0.0159. The summed E-state index contributed by atoms with van der Waals surface area (Å²) in [6, 6.07) is 2.72. The Kier molecular flexibility index (Phi) is 5.22. The number of non-ortho nitro benzene ring substituents is 1. The molecule has 10 heteroatoms.